The van der Waals surface area contributed by atoms with Crippen LogP contribution in [0, 0.1) is 0 Å². The second kappa shape index (κ2) is 4.81. The van der Waals surface area contributed by atoms with Crippen molar-refractivity contribution in [1.29, 1.82) is 0 Å². The fourth-order valence-electron chi connectivity index (χ4n) is 1.86. The number of aromatic nitrogens is 1. The minimum atomic E-state index is 0.496. The van der Waals surface area contributed by atoms with Crippen molar-refractivity contribution in [3.05, 3.63) is 22.8 Å². The zero-order chi connectivity index (χ0) is 10.7. The Morgan fingerprint density at radius 2 is 2.13 bits per heavy atom. The van der Waals surface area contributed by atoms with E-state index in [1.807, 2.05) is 12.1 Å². The number of pyridine rings is 1. The van der Waals surface area contributed by atoms with Crippen LogP contribution in [0.15, 0.2) is 12.1 Å². The molecule has 1 aliphatic rings. The van der Waals surface area contributed by atoms with Crippen LogP contribution >= 0.6 is 11.6 Å². The van der Waals surface area contributed by atoms with Gasteiger partial charge in [0.2, 0.25) is 5.88 Å². The highest BCUT2D eigenvalue weighted by Gasteiger charge is 2.17. The van der Waals surface area contributed by atoms with E-state index in [1.54, 1.807) is 7.11 Å². The summed E-state index contributed by atoms with van der Waals surface area (Å²) in [7, 11) is 1.60. The lowest BCUT2D eigenvalue weighted by molar-refractivity contribution is 0.0852. The molecule has 1 saturated heterocycles. The molecule has 1 aromatic heterocycles. The topological polar surface area (TPSA) is 31.4 Å². The van der Waals surface area contributed by atoms with Crippen molar-refractivity contribution in [3.8, 4) is 5.88 Å². The molecule has 0 atom stereocenters. The minimum absolute atomic E-state index is 0.496. The van der Waals surface area contributed by atoms with Crippen molar-refractivity contribution in [3.63, 3.8) is 0 Å². The van der Waals surface area contributed by atoms with Gasteiger partial charge in [0.15, 0.2) is 0 Å². The van der Waals surface area contributed by atoms with Crippen LogP contribution in [0.2, 0.25) is 5.15 Å². The zero-order valence-electron chi connectivity index (χ0n) is 8.70. The van der Waals surface area contributed by atoms with Crippen molar-refractivity contribution in [2.24, 2.45) is 0 Å². The minimum Gasteiger partial charge on any atom is -0.481 e. The molecular formula is C11H14ClNO2. The van der Waals surface area contributed by atoms with E-state index < -0.39 is 0 Å². The molecule has 82 valence electrons. The molecule has 0 radical (unpaired) electrons. The molecule has 4 heteroatoms. The lowest BCUT2D eigenvalue weighted by Gasteiger charge is -2.22. The molecule has 0 N–H and O–H groups in total. The Bertz CT molecular complexity index is 337. The molecule has 1 aliphatic heterocycles. The van der Waals surface area contributed by atoms with Crippen molar-refractivity contribution in [2.45, 2.75) is 18.8 Å². The molecular weight excluding hydrogens is 214 g/mol. The van der Waals surface area contributed by atoms with E-state index in [4.69, 9.17) is 21.1 Å². The summed E-state index contributed by atoms with van der Waals surface area (Å²) in [6.07, 6.45) is 2.09. The molecule has 0 bridgehead atoms. The van der Waals surface area contributed by atoms with Gasteiger partial charge in [-0.3, -0.25) is 0 Å². The van der Waals surface area contributed by atoms with Gasteiger partial charge < -0.3 is 9.47 Å². The van der Waals surface area contributed by atoms with Crippen LogP contribution in [-0.4, -0.2) is 25.3 Å². The van der Waals surface area contributed by atoms with Crippen LogP contribution in [0.25, 0.3) is 0 Å². The van der Waals surface area contributed by atoms with Gasteiger partial charge in [-0.2, -0.15) is 0 Å². The van der Waals surface area contributed by atoms with Gasteiger partial charge in [0.25, 0.3) is 0 Å². The summed E-state index contributed by atoms with van der Waals surface area (Å²) >= 11 is 5.93. The van der Waals surface area contributed by atoms with Gasteiger partial charge in [-0.25, -0.2) is 4.98 Å². The number of ether oxygens (including phenoxy) is 2. The van der Waals surface area contributed by atoms with Gasteiger partial charge >= 0.3 is 0 Å². The maximum absolute atomic E-state index is 5.93. The average Bonchev–Trinajstić information content (AvgIpc) is 2.29. The van der Waals surface area contributed by atoms with Crippen LogP contribution in [0.5, 0.6) is 5.88 Å². The zero-order valence-corrected chi connectivity index (χ0v) is 9.46. The number of rotatable bonds is 2. The summed E-state index contributed by atoms with van der Waals surface area (Å²) in [4.78, 5) is 4.06. The maximum atomic E-state index is 5.93. The molecule has 1 fully saturated rings. The van der Waals surface area contributed by atoms with Crippen LogP contribution in [0.4, 0.5) is 0 Å². The van der Waals surface area contributed by atoms with Gasteiger partial charge in [0.05, 0.1) is 7.11 Å². The molecule has 15 heavy (non-hydrogen) atoms. The lowest BCUT2D eigenvalue weighted by atomic mass is 9.92. The Morgan fingerprint density at radius 3 is 2.80 bits per heavy atom. The van der Waals surface area contributed by atoms with Crippen LogP contribution in [0.3, 0.4) is 0 Å². The lowest BCUT2D eigenvalue weighted by Crippen LogP contribution is -2.14. The Morgan fingerprint density at radius 1 is 1.40 bits per heavy atom. The standard InChI is InChI=1S/C11H14ClNO2/c1-14-11-7-9(6-10(12)13-11)8-2-4-15-5-3-8/h6-8H,2-5H2,1H3. The van der Waals surface area contributed by atoms with Gasteiger partial charge in [-0.15, -0.1) is 0 Å². The van der Waals surface area contributed by atoms with E-state index in [0.29, 0.717) is 17.0 Å². The number of hydrogen-bond acceptors (Lipinski definition) is 3. The summed E-state index contributed by atoms with van der Waals surface area (Å²) in [5, 5.41) is 0.496. The first-order chi connectivity index (χ1) is 7.29. The van der Waals surface area contributed by atoms with Crippen LogP contribution in [0.1, 0.15) is 24.3 Å². The van der Waals surface area contributed by atoms with Crippen LogP contribution in [-0.2, 0) is 4.74 Å². The smallest absolute Gasteiger partial charge is 0.214 e. The Hall–Kier alpha value is -0.800. The van der Waals surface area contributed by atoms with E-state index in [9.17, 15) is 0 Å². The average molecular weight is 228 g/mol. The molecule has 1 aromatic rings. The van der Waals surface area contributed by atoms with Crippen molar-refractivity contribution in [2.75, 3.05) is 20.3 Å². The summed E-state index contributed by atoms with van der Waals surface area (Å²) in [5.41, 5.74) is 1.20. The molecule has 3 nitrogen and oxygen atoms in total. The molecule has 2 heterocycles. The first kappa shape index (κ1) is 10.7. The van der Waals surface area contributed by atoms with E-state index in [2.05, 4.69) is 4.98 Å². The first-order valence-electron chi connectivity index (χ1n) is 5.09. The number of hydrogen-bond donors (Lipinski definition) is 0. The largest absolute Gasteiger partial charge is 0.481 e. The Labute approximate surface area is 94.4 Å². The molecule has 0 saturated carbocycles. The number of halogens is 1. The summed E-state index contributed by atoms with van der Waals surface area (Å²) in [5.74, 6) is 1.11. The molecule has 0 aliphatic carbocycles. The normalized spacial score (nSPS) is 17.7. The maximum Gasteiger partial charge on any atom is 0.214 e. The first-order valence-corrected chi connectivity index (χ1v) is 5.46. The van der Waals surface area contributed by atoms with Crippen LogP contribution < -0.4 is 4.74 Å². The monoisotopic (exact) mass is 227 g/mol. The van der Waals surface area contributed by atoms with Crippen molar-refractivity contribution < 1.29 is 9.47 Å². The predicted molar refractivity (Wildman–Crippen MR) is 58.6 cm³/mol. The van der Waals surface area contributed by atoms with Crippen molar-refractivity contribution >= 4 is 11.6 Å². The van der Waals surface area contributed by atoms with Gasteiger partial charge in [0.1, 0.15) is 5.15 Å². The molecule has 0 aromatic carbocycles. The molecule has 2 rings (SSSR count). The third-order valence-electron chi connectivity index (χ3n) is 2.69. The quantitative estimate of drug-likeness (QED) is 0.728. The molecule has 0 spiro atoms. The summed E-state index contributed by atoms with van der Waals surface area (Å²) < 4.78 is 10.4. The summed E-state index contributed by atoms with van der Waals surface area (Å²) in [6, 6.07) is 3.88. The van der Waals surface area contributed by atoms with E-state index >= 15 is 0 Å². The highest BCUT2D eigenvalue weighted by Crippen LogP contribution is 2.30. The predicted octanol–water partition coefficient (Wildman–Crippen LogP) is 2.64. The van der Waals surface area contributed by atoms with Gasteiger partial charge in [0, 0.05) is 19.3 Å². The van der Waals surface area contributed by atoms with E-state index in [0.717, 1.165) is 26.1 Å². The molecule has 0 amide bonds. The fraction of sp³-hybridized carbons (Fsp3) is 0.545. The number of methoxy groups -OCH3 is 1. The second-order valence-corrected chi connectivity index (χ2v) is 4.04. The van der Waals surface area contributed by atoms with E-state index in [-0.39, 0.29) is 0 Å². The third kappa shape index (κ3) is 2.61. The number of nitrogens with zero attached hydrogens (tertiary/aromatic N) is 1. The van der Waals surface area contributed by atoms with Gasteiger partial charge in [-0.05, 0) is 30.4 Å². The van der Waals surface area contributed by atoms with E-state index in [1.165, 1.54) is 5.56 Å². The third-order valence-corrected chi connectivity index (χ3v) is 2.89. The molecule has 0 unspecified atom stereocenters. The fourth-order valence-corrected chi connectivity index (χ4v) is 2.07. The Balaban J connectivity index is 2.22. The second-order valence-electron chi connectivity index (χ2n) is 3.65. The highest BCUT2D eigenvalue weighted by atomic mass is 35.5. The van der Waals surface area contributed by atoms with Crippen molar-refractivity contribution in [1.82, 2.24) is 4.98 Å². The van der Waals surface area contributed by atoms with Gasteiger partial charge in [-0.1, -0.05) is 11.6 Å². The Kier molecular flexibility index (Phi) is 3.44. The SMILES string of the molecule is COc1cc(C2CCOCC2)cc(Cl)n1. The summed E-state index contributed by atoms with van der Waals surface area (Å²) in [6.45, 7) is 1.65. The highest BCUT2D eigenvalue weighted by molar-refractivity contribution is 6.29.